The monoisotopic (exact) mass is 468 g/mol. The van der Waals surface area contributed by atoms with Gasteiger partial charge in [0, 0.05) is 0 Å². The second kappa shape index (κ2) is 10.5. The molecule has 3 rings (SSSR count). The molecule has 0 aliphatic carbocycles. The minimum atomic E-state index is -4.82. The molecule has 0 saturated carbocycles. The average Bonchev–Trinajstić information content (AvgIpc) is 2.83. The van der Waals surface area contributed by atoms with Crippen molar-refractivity contribution in [3.63, 3.8) is 0 Å². The van der Waals surface area contributed by atoms with Crippen molar-refractivity contribution >= 4 is 11.9 Å². The van der Waals surface area contributed by atoms with Gasteiger partial charge in [-0.3, -0.25) is 0 Å². The van der Waals surface area contributed by atoms with Gasteiger partial charge in [-0.25, -0.2) is 9.59 Å². The number of alkyl halides is 3. The van der Waals surface area contributed by atoms with Crippen LogP contribution in [-0.2, 0) is 4.74 Å². The van der Waals surface area contributed by atoms with E-state index >= 15 is 0 Å². The van der Waals surface area contributed by atoms with E-state index in [1.54, 1.807) is 66.7 Å². The summed E-state index contributed by atoms with van der Waals surface area (Å²) in [6.07, 6.45) is -3.20. The topological polar surface area (TPSA) is 61.8 Å². The maximum atomic E-state index is 12.5. The maximum Gasteiger partial charge on any atom is 0.449 e. The number of ether oxygens (including phenoxy) is 3. The Morgan fingerprint density at radius 3 is 1.71 bits per heavy atom. The molecule has 0 saturated heterocycles. The second-order valence-corrected chi connectivity index (χ2v) is 6.93. The molecule has 0 spiro atoms. The average molecular weight is 468 g/mol. The quantitative estimate of drug-likeness (QED) is 0.166. The van der Waals surface area contributed by atoms with Crippen LogP contribution in [-0.4, -0.2) is 24.7 Å². The first kappa shape index (κ1) is 24.3. The summed E-state index contributed by atoms with van der Waals surface area (Å²) in [6.45, 7) is 6.64. The molecule has 5 nitrogen and oxygen atoms in total. The zero-order chi connectivity index (χ0) is 24.7. The number of hydrogen-bond donors (Lipinski definition) is 0. The van der Waals surface area contributed by atoms with Gasteiger partial charge in [0.15, 0.2) is 0 Å². The molecule has 0 aliphatic heterocycles. The van der Waals surface area contributed by atoms with Crippen LogP contribution in [0.15, 0.2) is 97.8 Å². The predicted molar refractivity (Wildman–Crippen MR) is 120 cm³/mol. The van der Waals surface area contributed by atoms with Crippen LogP contribution < -0.4 is 9.47 Å². The SMILES string of the molecule is C=CCOc1ccc(OC(=O)c2ccc(-c3ccc(C(=O)OC(=C)C(F)(F)F)cc3)cc2)cc1. The minimum absolute atomic E-state index is 0.0599. The zero-order valence-electron chi connectivity index (χ0n) is 17.8. The Bertz CT molecular complexity index is 1180. The summed E-state index contributed by atoms with van der Waals surface area (Å²) in [5.41, 5.74) is 1.66. The largest absolute Gasteiger partial charge is 0.490 e. The summed E-state index contributed by atoms with van der Waals surface area (Å²) >= 11 is 0. The Morgan fingerprint density at radius 1 is 0.765 bits per heavy atom. The summed E-state index contributed by atoms with van der Waals surface area (Å²) in [4.78, 5) is 24.2. The Labute approximate surface area is 193 Å². The van der Waals surface area contributed by atoms with Crippen molar-refractivity contribution in [1.82, 2.24) is 0 Å². The van der Waals surface area contributed by atoms with E-state index in [0.29, 0.717) is 29.2 Å². The van der Waals surface area contributed by atoms with Gasteiger partial charge in [-0.05, 0) is 59.7 Å². The van der Waals surface area contributed by atoms with Crippen LogP contribution in [0.2, 0.25) is 0 Å². The fourth-order valence-electron chi connectivity index (χ4n) is 2.75. The Balaban J connectivity index is 1.62. The van der Waals surface area contributed by atoms with Crippen molar-refractivity contribution < 1.29 is 37.0 Å². The van der Waals surface area contributed by atoms with Gasteiger partial charge in [-0.15, -0.1) is 0 Å². The van der Waals surface area contributed by atoms with Gasteiger partial charge < -0.3 is 14.2 Å². The molecule has 0 N–H and O–H groups in total. The molecule has 34 heavy (non-hydrogen) atoms. The molecule has 0 fully saturated rings. The molecule has 0 aromatic heterocycles. The van der Waals surface area contributed by atoms with Crippen LogP contribution in [0.25, 0.3) is 11.1 Å². The second-order valence-electron chi connectivity index (χ2n) is 6.93. The molecular formula is C26H19F3O5. The lowest BCUT2D eigenvalue weighted by molar-refractivity contribution is -0.122. The van der Waals surface area contributed by atoms with Gasteiger partial charge in [0.25, 0.3) is 0 Å². The van der Waals surface area contributed by atoms with Gasteiger partial charge in [-0.2, -0.15) is 13.2 Å². The van der Waals surface area contributed by atoms with Crippen molar-refractivity contribution in [2.45, 2.75) is 6.18 Å². The van der Waals surface area contributed by atoms with E-state index < -0.39 is 23.9 Å². The van der Waals surface area contributed by atoms with E-state index in [4.69, 9.17) is 9.47 Å². The van der Waals surface area contributed by atoms with Crippen molar-refractivity contribution in [3.05, 3.63) is 109 Å². The number of esters is 2. The fourth-order valence-corrected chi connectivity index (χ4v) is 2.75. The van der Waals surface area contributed by atoms with Gasteiger partial charge in [0.2, 0.25) is 5.76 Å². The van der Waals surface area contributed by atoms with Crippen molar-refractivity contribution in [1.29, 1.82) is 0 Å². The van der Waals surface area contributed by atoms with Crippen LogP contribution in [0.5, 0.6) is 11.5 Å². The molecule has 0 aliphatic rings. The lowest BCUT2D eigenvalue weighted by Crippen LogP contribution is -2.17. The number of rotatable bonds is 8. The van der Waals surface area contributed by atoms with E-state index in [1.807, 2.05) is 0 Å². The first-order chi connectivity index (χ1) is 16.2. The minimum Gasteiger partial charge on any atom is -0.490 e. The number of hydrogen-bond acceptors (Lipinski definition) is 5. The molecule has 8 heteroatoms. The molecular weight excluding hydrogens is 449 g/mol. The van der Waals surface area contributed by atoms with Crippen LogP contribution in [0.3, 0.4) is 0 Å². The molecule has 0 bridgehead atoms. The maximum absolute atomic E-state index is 12.5. The van der Waals surface area contributed by atoms with E-state index in [2.05, 4.69) is 17.9 Å². The highest BCUT2D eigenvalue weighted by Crippen LogP contribution is 2.27. The number of allylic oxidation sites excluding steroid dienone is 1. The predicted octanol–water partition coefficient (Wildman–Crippen LogP) is 6.37. The third-order valence-electron chi connectivity index (χ3n) is 4.51. The summed E-state index contributed by atoms with van der Waals surface area (Å²) < 4.78 is 52.3. The van der Waals surface area contributed by atoms with Gasteiger partial charge in [0.1, 0.15) is 18.1 Å². The third kappa shape index (κ3) is 6.35. The molecule has 3 aromatic rings. The summed E-state index contributed by atoms with van der Waals surface area (Å²) in [7, 11) is 0. The highest BCUT2D eigenvalue weighted by atomic mass is 19.4. The highest BCUT2D eigenvalue weighted by molar-refractivity contribution is 5.92. The standard InChI is InChI=1S/C26H19F3O5/c1-3-16-32-22-12-14-23(15-13-22)34-25(31)21-10-6-19(7-11-21)18-4-8-20(9-5-18)24(30)33-17(2)26(27,28)29/h3-15H,1-2,16H2. The fraction of sp³-hybridized carbons (Fsp3) is 0.0769. The Kier molecular flexibility index (Phi) is 7.53. The van der Waals surface area contributed by atoms with E-state index in [9.17, 15) is 22.8 Å². The van der Waals surface area contributed by atoms with Crippen LogP contribution in [0, 0.1) is 0 Å². The lowest BCUT2D eigenvalue weighted by Gasteiger charge is -2.10. The van der Waals surface area contributed by atoms with Crippen molar-refractivity contribution in [3.8, 4) is 22.6 Å². The molecule has 3 aromatic carbocycles. The lowest BCUT2D eigenvalue weighted by atomic mass is 10.0. The van der Waals surface area contributed by atoms with Gasteiger partial charge in [0.05, 0.1) is 11.1 Å². The number of carbonyl (C=O) groups excluding carboxylic acids is 2. The molecule has 0 heterocycles. The highest BCUT2D eigenvalue weighted by Gasteiger charge is 2.35. The van der Waals surface area contributed by atoms with Crippen LogP contribution in [0.1, 0.15) is 20.7 Å². The molecule has 0 amide bonds. The summed E-state index contributed by atoms with van der Waals surface area (Å²) in [5.74, 6) is -2.31. The first-order valence-electron chi connectivity index (χ1n) is 9.92. The first-order valence-corrected chi connectivity index (χ1v) is 9.92. The zero-order valence-corrected chi connectivity index (χ0v) is 17.8. The molecule has 0 atom stereocenters. The van der Waals surface area contributed by atoms with Crippen LogP contribution >= 0.6 is 0 Å². The van der Waals surface area contributed by atoms with E-state index in [0.717, 1.165) is 5.56 Å². The Hall–Kier alpha value is -4.33. The Morgan fingerprint density at radius 2 is 1.24 bits per heavy atom. The third-order valence-corrected chi connectivity index (χ3v) is 4.51. The van der Waals surface area contributed by atoms with Crippen molar-refractivity contribution in [2.75, 3.05) is 6.61 Å². The van der Waals surface area contributed by atoms with Crippen LogP contribution in [0.4, 0.5) is 13.2 Å². The molecule has 0 radical (unpaired) electrons. The molecule has 174 valence electrons. The summed E-state index contributed by atoms with van der Waals surface area (Å²) in [6, 6.07) is 18.9. The van der Waals surface area contributed by atoms with Gasteiger partial charge in [-0.1, -0.05) is 43.5 Å². The molecule has 0 unspecified atom stereocenters. The van der Waals surface area contributed by atoms with E-state index in [-0.39, 0.29) is 5.56 Å². The van der Waals surface area contributed by atoms with Gasteiger partial charge >= 0.3 is 18.1 Å². The smallest absolute Gasteiger partial charge is 0.449 e. The number of carbonyl (C=O) groups is 2. The van der Waals surface area contributed by atoms with Crippen molar-refractivity contribution in [2.24, 2.45) is 0 Å². The normalized spacial score (nSPS) is 10.8. The summed E-state index contributed by atoms with van der Waals surface area (Å²) in [5, 5.41) is 0. The number of halogens is 3. The van der Waals surface area contributed by atoms with E-state index in [1.165, 1.54) is 12.1 Å². The number of benzene rings is 3.